The van der Waals surface area contributed by atoms with Gasteiger partial charge in [0.25, 0.3) is 0 Å². The van der Waals surface area contributed by atoms with E-state index < -0.39 is 0 Å². The van der Waals surface area contributed by atoms with E-state index >= 15 is 0 Å². The summed E-state index contributed by atoms with van der Waals surface area (Å²) in [5, 5.41) is 9.10. The Kier molecular flexibility index (Phi) is 4.79. The third kappa shape index (κ3) is 3.12. The largest absolute Gasteiger partial charge is 0.494 e. The van der Waals surface area contributed by atoms with Crippen LogP contribution < -0.4 is 14.8 Å². The zero-order valence-electron chi connectivity index (χ0n) is 15.4. The number of anilines is 1. The Morgan fingerprint density at radius 3 is 2.68 bits per heavy atom. The fourth-order valence-electron chi connectivity index (χ4n) is 3.17. The normalized spacial score (nSPS) is 10.9. The second-order valence-electron chi connectivity index (χ2n) is 5.93. The number of aromatic nitrogens is 3. The minimum atomic E-state index is 0.635. The lowest BCUT2D eigenvalue weighted by molar-refractivity contribution is 0.370. The molecule has 2 aromatic heterocycles. The van der Waals surface area contributed by atoms with Crippen molar-refractivity contribution in [3.05, 3.63) is 41.2 Å². The van der Waals surface area contributed by atoms with Gasteiger partial charge < -0.3 is 14.8 Å². The van der Waals surface area contributed by atoms with E-state index in [9.17, 15) is 0 Å². The van der Waals surface area contributed by atoms with Gasteiger partial charge in [-0.3, -0.25) is 0 Å². The van der Waals surface area contributed by atoms with Crippen molar-refractivity contribution in [3.63, 3.8) is 0 Å². The standard InChI is InChI=1S/C19H24N4O2/c1-6-15-14(19(25-5)23(3)22-15)11-20-16-10-12(2)21-18-13(16)8-7-9-17(18)24-4/h7-10H,6,11H2,1-5H3,(H,20,21). The predicted molar refractivity (Wildman–Crippen MR) is 99.5 cm³/mol. The SMILES string of the molecule is CCc1nn(C)c(OC)c1CNc1cc(C)nc2c(OC)cccc12. The number of nitrogens with one attached hydrogen (secondary N) is 1. The van der Waals surface area contributed by atoms with E-state index in [4.69, 9.17) is 9.47 Å². The Bertz CT molecular complexity index is 902. The van der Waals surface area contributed by atoms with Gasteiger partial charge in [-0.1, -0.05) is 19.1 Å². The van der Waals surface area contributed by atoms with Crippen molar-refractivity contribution in [2.75, 3.05) is 19.5 Å². The van der Waals surface area contributed by atoms with Crippen LogP contribution in [0.5, 0.6) is 11.6 Å². The zero-order valence-corrected chi connectivity index (χ0v) is 15.4. The van der Waals surface area contributed by atoms with Crippen LogP contribution in [-0.2, 0) is 20.0 Å². The summed E-state index contributed by atoms with van der Waals surface area (Å²) in [4.78, 5) is 4.63. The predicted octanol–water partition coefficient (Wildman–Crippen LogP) is 3.47. The molecule has 0 saturated carbocycles. The molecule has 1 aromatic carbocycles. The first-order valence-corrected chi connectivity index (χ1v) is 8.36. The number of nitrogens with zero attached hydrogens (tertiary/aromatic N) is 3. The van der Waals surface area contributed by atoms with Crippen LogP contribution in [0.2, 0.25) is 0 Å². The second kappa shape index (κ2) is 7.01. The smallest absolute Gasteiger partial charge is 0.216 e. The first-order valence-electron chi connectivity index (χ1n) is 8.36. The van der Waals surface area contributed by atoms with Crippen LogP contribution in [-0.4, -0.2) is 29.0 Å². The lowest BCUT2D eigenvalue weighted by Gasteiger charge is -2.13. The van der Waals surface area contributed by atoms with E-state index in [0.29, 0.717) is 6.54 Å². The van der Waals surface area contributed by atoms with Crippen LogP contribution in [0.1, 0.15) is 23.9 Å². The highest BCUT2D eigenvalue weighted by atomic mass is 16.5. The van der Waals surface area contributed by atoms with E-state index in [1.54, 1.807) is 18.9 Å². The quantitative estimate of drug-likeness (QED) is 0.744. The number of rotatable bonds is 6. The maximum Gasteiger partial charge on any atom is 0.216 e. The fourth-order valence-corrected chi connectivity index (χ4v) is 3.17. The molecule has 6 nitrogen and oxygen atoms in total. The summed E-state index contributed by atoms with van der Waals surface area (Å²) in [5.74, 6) is 1.56. The monoisotopic (exact) mass is 340 g/mol. The van der Waals surface area contributed by atoms with Crippen LogP contribution >= 0.6 is 0 Å². The van der Waals surface area contributed by atoms with Crippen molar-refractivity contribution in [2.45, 2.75) is 26.8 Å². The minimum absolute atomic E-state index is 0.635. The highest BCUT2D eigenvalue weighted by molar-refractivity contribution is 5.95. The molecule has 1 N–H and O–H groups in total. The summed E-state index contributed by atoms with van der Waals surface area (Å²) in [6.45, 7) is 4.72. The molecule has 0 radical (unpaired) electrons. The third-order valence-corrected chi connectivity index (χ3v) is 4.31. The molecular weight excluding hydrogens is 316 g/mol. The Morgan fingerprint density at radius 1 is 1.20 bits per heavy atom. The van der Waals surface area contributed by atoms with Crippen LogP contribution in [0.3, 0.4) is 0 Å². The molecule has 0 atom stereocenters. The minimum Gasteiger partial charge on any atom is -0.494 e. The van der Waals surface area contributed by atoms with Gasteiger partial charge in [0.2, 0.25) is 5.88 Å². The van der Waals surface area contributed by atoms with Crippen molar-refractivity contribution in [1.82, 2.24) is 14.8 Å². The van der Waals surface area contributed by atoms with E-state index in [-0.39, 0.29) is 0 Å². The lowest BCUT2D eigenvalue weighted by Crippen LogP contribution is -2.05. The van der Waals surface area contributed by atoms with Crippen molar-refractivity contribution < 1.29 is 9.47 Å². The average molecular weight is 340 g/mol. The number of pyridine rings is 1. The van der Waals surface area contributed by atoms with Gasteiger partial charge in [-0.15, -0.1) is 0 Å². The summed E-state index contributed by atoms with van der Waals surface area (Å²) >= 11 is 0. The maximum atomic E-state index is 5.52. The fraction of sp³-hybridized carbons (Fsp3) is 0.368. The number of fused-ring (bicyclic) bond motifs is 1. The number of para-hydroxylation sites is 1. The molecule has 0 fully saturated rings. The molecule has 3 rings (SSSR count). The first-order chi connectivity index (χ1) is 12.1. The molecule has 132 valence electrons. The Labute approximate surface area is 147 Å². The van der Waals surface area contributed by atoms with E-state index in [0.717, 1.165) is 51.6 Å². The van der Waals surface area contributed by atoms with Gasteiger partial charge in [-0.05, 0) is 25.5 Å². The molecule has 0 aliphatic rings. The van der Waals surface area contributed by atoms with Gasteiger partial charge >= 0.3 is 0 Å². The van der Waals surface area contributed by atoms with E-state index in [2.05, 4.69) is 28.4 Å². The molecule has 0 saturated heterocycles. The highest BCUT2D eigenvalue weighted by Crippen LogP contribution is 2.31. The number of ether oxygens (including phenoxy) is 2. The van der Waals surface area contributed by atoms with Crippen molar-refractivity contribution in [2.24, 2.45) is 7.05 Å². The molecule has 0 bridgehead atoms. The second-order valence-corrected chi connectivity index (χ2v) is 5.93. The highest BCUT2D eigenvalue weighted by Gasteiger charge is 2.16. The van der Waals surface area contributed by atoms with Gasteiger partial charge in [0.1, 0.15) is 11.3 Å². The summed E-state index contributed by atoms with van der Waals surface area (Å²) < 4.78 is 12.8. The molecule has 3 aromatic rings. The van der Waals surface area contributed by atoms with E-state index in [1.165, 1.54) is 0 Å². The zero-order chi connectivity index (χ0) is 18.0. The molecule has 0 spiro atoms. The maximum absolute atomic E-state index is 5.52. The van der Waals surface area contributed by atoms with Gasteiger partial charge in [-0.2, -0.15) is 5.10 Å². The summed E-state index contributed by atoms with van der Waals surface area (Å²) in [6, 6.07) is 8.01. The first kappa shape index (κ1) is 17.1. The topological polar surface area (TPSA) is 61.2 Å². The molecule has 0 unspecified atom stereocenters. The molecular formula is C19H24N4O2. The number of benzene rings is 1. The van der Waals surface area contributed by atoms with E-state index in [1.807, 2.05) is 32.2 Å². The van der Waals surface area contributed by atoms with Gasteiger partial charge in [0.15, 0.2) is 0 Å². The molecule has 0 amide bonds. The van der Waals surface area contributed by atoms with Crippen LogP contribution in [0.4, 0.5) is 5.69 Å². The summed E-state index contributed by atoms with van der Waals surface area (Å²) in [5.41, 5.74) is 4.95. The van der Waals surface area contributed by atoms with Crippen molar-refractivity contribution in [1.29, 1.82) is 0 Å². The number of hydrogen-bond acceptors (Lipinski definition) is 5. The summed E-state index contributed by atoms with van der Waals surface area (Å²) in [6.07, 6.45) is 0.859. The third-order valence-electron chi connectivity index (χ3n) is 4.31. The molecule has 2 heterocycles. The van der Waals surface area contributed by atoms with Crippen LogP contribution in [0.25, 0.3) is 10.9 Å². The Balaban J connectivity index is 2.00. The summed E-state index contributed by atoms with van der Waals surface area (Å²) in [7, 11) is 5.25. The van der Waals surface area contributed by atoms with Crippen molar-refractivity contribution in [3.8, 4) is 11.6 Å². The molecule has 25 heavy (non-hydrogen) atoms. The average Bonchev–Trinajstić information content (AvgIpc) is 2.93. The van der Waals surface area contributed by atoms with Gasteiger partial charge in [0.05, 0.1) is 25.5 Å². The molecule has 0 aliphatic heterocycles. The Morgan fingerprint density at radius 2 is 2.00 bits per heavy atom. The molecule has 0 aliphatic carbocycles. The number of methoxy groups -OCH3 is 2. The van der Waals surface area contributed by atoms with Gasteiger partial charge in [0, 0.05) is 30.4 Å². The number of aryl methyl sites for hydroxylation is 3. The van der Waals surface area contributed by atoms with Crippen LogP contribution in [0, 0.1) is 6.92 Å². The molecule has 6 heteroatoms. The lowest BCUT2D eigenvalue weighted by atomic mass is 10.1. The Hall–Kier alpha value is -2.76. The van der Waals surface area contributed by atoms with Crippen molar-refractivity contribution >= 4 is 16.6 Å². The van der Waals surface area contributed by atoms with Crippen LogP contribution in [0.15, 0.2) is 24.3 Å². The number of hydrogen-bond donors (Lipinski definition) is 1. The van der Waals surface area contributed by atoms with Gasteiger partial charge in [-0.25, -0.2) is 9.67 Å².